The smallest absolute Gasteiger partial charge is 0.323 e. The largest absolute Gasteiger partial charge is 0.460 e. The molecule has 1 atom stereocenters. The Bertz CT molecular complexity index is 804. The first-order chi connectivity index (χ1) is 12.1. The molecule has 142 valence electrons. The van der Waals surface area contributed by atoms with Crippen molar-refractivity contribution in [3.8, 4) is 0 Å². The number of hydrogen-bond donors (Lipinski definition) is 2. The zero-order chi connectivity index (χ0) is 19.7. The molecule has 0 aliphatic carbocycles. The first kappa shape index (κ1) is 21.8. The molecular weight excluding hydrogens is 354 g/mol. The zero-order valence-corrected chi connectivity index (χ0v) is 15.9. The lowest BCUT2D eigenvalue weighted by molar-refractivity contribution is -0.147. The van der Waals surface area contributed by atoms with Crippen LogP contribution in [0.3, 0.4) is 0 Å². The van der Waals surface area contributed by atoms with Crippen LogP contribution in [0.1, 0.15) is 25.0 Å². The van der Waals surface area contributed by atoms with Crippen LogP contribution in [0.4, 0.5) is 0 Å². The Morgan fingerprint density at radius 1 is 1.08 bits per heavy atom. The highest BCUT2D eigenvalue weighted by Crippen LogP contribution is 2.12. The summed E-state index contributed by atoms with van der Waals surface area (Å²) in [5.41, 5.74) is 7.17. The van der Waals surface area contributed by atoms with Gasteiger partial charge in [0.05, 0.1) is 4.90 Å². The highest BCUT2D eigenvalue weighted by molar-refractivity contribution is 7.85. The van der Waals surface area contributed by atoms with E-state index in [1.165, 1.54) is 6.07 Å². The molecule has 0 saturated heterocycles. The number of ether oxygens (including phenoxy) is 1. The normalized spacial score (nSPS) is 12.1. The Kier molecular flexibility index (Phi) is 8.44. The van der Waals surface area contributed by atoms with Crippen molar-refractivity contribution in [2.24, 2.45) is 11.7 Å². The third-order valence-electron chi connectivity index (χ3n) is 3.59. The van der Waals surface area contributed by atoms with Crippen LogP contribution in [0.2, 0.25) is 0 Å². The molecule has 26 heavy (non-hydrogen) atoms. The van der Waals surface area contributed by atoms with Gasteiger partial charge < -0.3 is 10.5 Å². The first-order valence-electron chi connectivity index (χ1n) is 8.12. The summed E-state index contributed by atoms with van der Waals surface area (Å²) in [7, 11) is -4.03. The minimum Gasteiger partial charge on any atom is -0.460 e. The van der Waals surface area contributed by atoms with Gasteiger partial charge in [0.1, 0.15) is 12.6 Å². The Morgan fingerprint density at radius 2 is 1.62 bits per heavy atom. The summed E-state index contributed by atoms with van der Waals surface area (Å²) in [4.78, 5) is 11.4. The van der Waals surface area contributed by atoms with E-state index in [4.69, 9.17) is 15.0 Å². The molecule has 2 aromatic rings. The average molecular weight is 379 g/mol. The second kappa shape index (κ2) is 10.1. The van der Waals surface area contributed by atoms with Crippen molar-refractivity contribution in [2.45, 2.75) is 38.3 Å². The first-order valence-corrected chi connectivity index (χ1v) is 9.56. The number of aryl methyl sites for hydroxylation is 1. The van der Waals surface area contributed by atoms with Crippen molar-refractivity contribution in [2.75, 3.05) is 0 Å². The molecule has 0 saturated carbocycles. The van der Waals surface area contributed by atoms with Crippen molar-refractivity contribution in [3.05, 3.63) is 65.7 Å². The lowest BCUT2D eigenvalue weighted by Crippen LogP contribution is -2.36. The van der Waals surface area contributed by atoms with Crippen LogP contribution < -0.4 is 5.73 Å². The Labute approximate surface area is 154 Å². The highest BCUT2D eigenvalue weighted by Gasteiger charge is 2.18. The molecule has 0 bridgehead atoms. The summed E-state index contributed by atoms with van der Waals surface area (Å²) in [6.45, 7) is 5.71. The number of benzene rings is 2. The van der Waals surface area contributed by atoms with Gasteiger partial charge in [0.15, 0.2) is 0 Å². The van der Waals surface area contributed by atoms with Crippen LogP contribution in [0.15, 0.2) is 59.5 Å². The van der Waals surface area contributed by atoms with E-state index in [0.29, 0.717) is 12.2 Å². The third kappa shape index (κ3) is 7.35. The molecule has 0 aromatic heterocycles. The Balaban J connectivity index is 0.000000273. The fraction of sp³-hybridized carbons (Fsp3) is 0.316. The standard InChI is InChI=1S/C12H17NO2.C7H8O3S/c1-9(2)11(13)12(14)15-8-10-6-4-3-5-7-10;1-6-4-2-3-5-7(6)11(8,9)10/h3-7,9,11H,8,13H2,1-2H3;2-5H,1H3,(H,8,9,10). The average Bonchev–Trinajstić information content (AvgIpc) is 2.59. The van der Waals surface area contributed by atoms with E-state index >= 15 is 0 Å². The van der Waals surface area contributed by atoms with Crippen LogP contribution >= 0.6 is 0 Å². The number of rotatable bonds is 5. The van der Waals surface area contributed by atoms with Crippen LogP contribution in [-0.2, 0) is 26.3 Å². The summed E-state index contributed by atoms with van der Waals surface area (Å²) in [6, 6.07) is 15.3. The molecule has 6 nitrogen and oxygen atoms in total. The van der Waals surface area contributed by atoms with Gasteiger partial charge in [-0.15, -0.1) is 0 Å². The van der Waals surface area contributed by atoms with Gasteiger partial charge in [-0.2, -0.15) is 8.42 Å². The number of nitrogens with two attached hydrogens (primary N) is 1. The van der Waals surface area contributed by atoms with Gasteiger partial charge in [0.25, 0.3) is 10.1 Å². The molecule has 7 heteroatoms. The van der Waals surface area contributed by atoms with E-state index in [1.54, 1.807) is 25.1 Å². The van der Waals surface area contributed by atoms with E-state index in [9.17, 15) is 13.2 Å². The summed E-state index contributed by atoms with van der Waals surface area (Å²) in [5, 5.41) is 0. The maximum Gasteiger partial charge on any atom is 0.323 e. The fourth-order valence-corrected chi connectivity index (χ4v) is 2.67. The third-order valence-corrected chi connectivity index (χ3v) is 4.60. The van der Waals surface area contributed by atoms with Crippen molar-refractivity contribution in [1.82, 2.24) is 0 Å². The molecule has 1 unspecified atom stereocenters. The molecule has 2 aromatic carbocycles. The minimum atomic E-state index is -4.03. The van der Waals surface area contributed by atoms with E-state index < -0.39 is 16.2 Å². The van der Waals surface area contributed by atoms with Crippen molar-refractivity contribution in [1.29, 1.82) is 0 Å². The van der Waals surface area contributed by atoms with E-state index in [2.05, 4.69) is 0 Å². The van der Waals surface area contributed by atoms with Crippen molar-refractivity contribution < 1.29 is 22.5 Å². The molecular formula is C19H25NO5S. The molecule has 0 aliphatic heterocycles. The van der Waals surface area contributed by atoms with Gasteiger partial charge in [-0.25, -0.2) is 0 Å². The fourth-order valence-electron chi connectivity index (χ4n) is 1.94. The topological polar surface area (TPSA) is 107 Å². The van der Waals surface area contributed by atoms with Crippen LogP contribution in [0.5, 0.6) is 0 Å². The van der Waals surface area contributed by atoms with Gasteiger partial charge in [-0.05, 0) is 30.0 Å². The predicted octanol–water partition coefficient (Wildman–Crippen LogP) is 2.95. The second-order valence-electron chi connectivity index (χ2n) is 6.10. The lowest BCUT2D eigenvalue weighted by Gasteiger charge is -2.14. The molecule has 3 N–H and O–H groups in total. The lowest BCUT2D eigenvalue weighted by atomic mass is 10.1. The Morgan fingerprint density at radius 3 is 2.08 bits per heavy atom. The monoisotopic (exact) mass is 379 g/mol. The quantitative estimate of drug-likeness (QED) is 0.611. The maximum absolute atomic E-state index is 11.4. The van der Waals surface area contributed by atoms with Gasteiger partial charge in [-0.1, -0.05) is 62.4 Å². The minimum absolute atomic E-state index is 0.0278. The second-order valence-corrected chi connectivity index (χ2v) is 7.49. The molecule has 0 fully saturated rings. The van der Waals surface area contributed by atoms with Crippen molar-refractivity contribution in [3.63, 3.8) is 0 Å². The summed E-state index contributed by atoms with van der Waals surface area (Å²) in [5.74, 6) is -0.234. The number of carbonyl (C=O) groups is 1. The molecule has 2 rings (SSSR count). The van der Waals surface area contributed by atoms with E-state index in [-0.39, 0.29) is 16.8 Å². The SMILES string of the molecule is CC(C)C(N)C(=O)OCc1ccccc1.Cc1ccccc1S(=O)(=O)O. The van der Waals surface area contributed by atoms with E-state index in [0.717, 1.165) is 5.56 Å². The summed E-state index contributed by atoms with van der Waals surface area (Å²) < 4.78 is 34.9. The number of carbonyl (C=O) groups excluding carboxylic acids is 1. The molecule has 0 spiro atoms. The Hall–Kier alpha value is -2.22. The van der Waals surface area contributed by atoms with Gasteiger partial charge in [0, 0.05) is 0 Å². The van der Waals surface area contributed by atoms with Crippen molar-refractivity contribution >= 4 is 16.1 Å². The molecule has 0 heterocycles. The van der Waals surface area contributed by atoms with Crippen LogP contribution in [-0.4, -0.2) is 25.0 Å². The molecule has 0 aliphatic rings. The molecule has 0 amide bonds. The maximum atomic E-state index is 11.4. The van der Waals surface area contributed by atoms with Crippen LogP contribution in [0, 0.1) is 12.8 Å². The summed E-state index contributed by atoms with van der Waals surface area (Å²) >= 11 is 0. The number of esters is 1. The number of hydrogen-bond acceptors (Lipinski definition) is 5. The van der Waals surface area contributed by atoms with Gasteiger partial charge in [0.2, 0.25) is 0 Å². The van der Waals surface area contributed by atoms with Gasteiger partial charge in [-0.3, -0.25) is 9.35 Å². The van der Waals surface area contributed by atoms with Gasteiger partial charge >= 0.3 is 5.97 Å². The zero-order valence-electron chi connectivity index (χ0n) is 15.1. The van der Waals surface area contributed by atoms with E-state index in [1.807, 2.05) is 44.2 Å². The predicted molar refractivity (Wildman–Crippen MR) is 100 cm³/mol. The molecule has 0 radical (unpaired) electrons. The summed E-state index contributed by atoms with van der Waals surface area (Å²) in [6.07, 6.45) is 0. The van der Waals surface area contributed by atoms with Crippen LogP contribution in [0.25, 0.3) is 0 Å². The highest BCUT2D eigenvalue weighted by atomic mass is 32.2.